The van der Waals surface area contributed by atoms with Crippen LogP contribution in [0, 0.1) is 0 Å². The highest BCUT2D eigenvalue weighted by atomic mass is 16.2. The third kappa shape index (κ3) is 3.24. The topological polar surface area (TPSA) is 68.4 Å². The molecule has 1 aromatic heterocycles. The third-order valence-corrected chi connectivity index (χ3v) is 5.36. The van der Waals surface area contributed by atoms with Crippen LogP contribution < -0.4 is 4.90 Å². The molecule has 1 fully saturated rings. The Morgan fingerprint density at radius 2 is 1.88 bits per heavy atom. The zero-order valence-corrected chi connectivity index (χ0v) is 14.6. The van der Waals surface area contributed by atoms with Gasteiger partial charge in [-0.15, -0.1) is 0 Å². The van der Waals surface area contributed by atoms with Gasteiger partial charge in [0.15, 0.2) is 0 Å². The molecule has 7 nitrogen and oxygen atoms in total. The van der Waals surface area contributed by atoms with Crippen molar-refractivity contribution in [3.05, 3.63) is 41.7 Å². The Hall–Kier alpha value is -2.41. The van der Waals surface area contributed by atoms with E-state index in [1.165, 1.54) is 17.5 Å². The molecular weight excluding hydrogens is 316 g/mol. The number of benzene rings is 1. The first kappa shape index (κ1) is 16.1. The first-order valence-electron chi connectivity index (χ1n) is 8.92. The molecule has 7 heteroatoms. The first-order valence-corrected chi connectivity index (χ1v) is 8.92. The van der Waals surface area contributed by atoms with Crippen molar-refractivity contribution in [2.75, 3.05) is 37.6 Å². The minimum absolute atomic E-state index is 0.0785. The van der Waals surface area contributed by atoms with Gasteiger partial charge in [-0.1, -0.05) is 24.3 Å². The van der Waals surface area contributed by atoms with Crippen LogP contribution in [0.15, 0.2) is 30.6 Å². The SMILES string of the molecule is CC(C(=O)N1CCN(c2ncn[nH]2)CC1)N1CCc2ccccc2C1. The highest BCUT2D eigenvalue weighted by Gasteiger charge is 2.30. The summed E-state index contributed by atoms with van der Waals surface area (Å²) >= 11 is 0. The van der Waals surface area contributed by atoms with Crippen LogP contribution in [0.3, 0.4) is 0 Å². The number of piperazine rings is 1. The number of hydrogen-bond acceptors (Lipinski definition) is 5. The van der Waals surface area contributed by atoms with Crippen molar-refractivity contribution in [2.45, 2.75) is 25.9 Å². The molecule has 2 aliphatic rings. The van der Waals surface area contributed by atoms with Crippen LogP contribution in [0.5, 0.6) is 0 Å². The smallest absolute Gasteiger partial charge is 0.239 e. The summed E-state index contributed by atoms with van der Waals surface area (Å²) in [6.07, 6.45) is 2.54. The summed E-state index contributed by atoms with van der Waals surface area (Å²) in [5, 5.41) is 6.78. The summed E-state index contributed by atoms with van der Waals surface area (Å²) < 4.78 is 0. The molecule has 3 heterocycles. The number of nitrogens with zero attached hydrogens (tertiary/aromatic N) is 5. The van der Waals surface area contributed by atoms with Crippen LogP contribution in [0.2, 0.25) is 0 Å². The van der Waals surface area contributed by atoms with Gasteiger partial charge in [0.2, 0.25) is 11.9 Å². The molecule has 0 radical (unpaired) electrons. The molecule has 0 aliphatic carbocycles. The van der Waals surface area contributed by atoms with Crippen LogP contribution >= 0.6 is 0 Å². The molecule has 2 aliphatic heterocycles. The Labute approximate surface area is 147 Å². The molecule has 0 saturated carbocycles. The van der Waals surface area contributed by atoms with E-state index in [1.807, 2.05) is 11.8 Å². The quantitative estimate of drug-likeness (QED) is 0.899. The van der Waals surface area contributed by atoms with Gasteiger partial charge < -0.3 is 9.80 Å². The van der Waals surface area contributed by atoms with Gasteiger partial charge in [-0.3, -0.25) is 9.69 Å². The lowest BCUT2D eigenvalue weighted by atomic mass is 9.98. The highest BCUT2D eigenvalue weighted by molar-refractivity contribution is 5.81. The molecule has 0 bridgehead atoms. The van der Waals surface area contributed by atoms with Gasteiger partial charge in [-0.05, 0) is 24.5 Å². The van der Waals surface area contributed by atoms with Crippen molar-refractivity contribution in [1.29, 1.82) is 0 Å². The Balaban J connectivity index is 1.35. The maximum absolute atomic E-state index is 12.9. The summed E-state index contributed by atoms with van der Waals surface area (Å²) in [6.45, 7) is 6.89. The molecule has 0 spiro atoms. The molecule has 1 saturated heterocycles. The van der Waals surface area contributed by atoms with E-state index >= 15 is 0 Å². The van der Waals surface area contributed by atoms with E-state index in [0.717, 1.165) is 51.6 Å². The molecule has 1 N–H and O–H groups in total. The second-order valence-electron chi connectivity index (χ2n) is 6.79. The Bertz CT molecular complexity index is 723. The van der Waals surface area contributed by atoms with Crippen molar-refractivity contribution in [2.24, 2.45) is 0 Å². The van der Waals surface area contributed by atoms with Crippen LogP contribution in [-0.2, 0) is 17.8 Å². The van der Waals surface area contributed by atoms with Gasteiger partial charge in [0.1, 0.15) is 6.33 Å². The van der Waals surface area contributed by atoms with E-state index < -0.39 is 0 Å². The van der Waals surface area contributed by atoms with Gasteiger partial charge in [0.25, 0.3) is 0 Å². The number of hydrogen-bond donors (Lipinski definition) is 1. The second-order valence-corrected chi connectivity index (χ2v) is 6.79. The van der Waals surface area contributed by atoms with E-state index in [4.69, 9.17) is 0 Å². The molecule has 1 aromatic carbocycles. The number of aromatic amines is 1. The van der Waals surface area contributed by atoms with E-state index in [9.17, 15) is 4.79 Å². The van der Waals surface area contributed by atoms with E-state index in [2.05, 4.69) is 49.2 Å². The largest absolute Gasteiger partial charge is 0.338 e. The van der Waals surface area contributed by atoms with Gasteiger partial charge in [0.05, 0.1) is 6.04 Å². The second kappa shape index (κ2) is 6.84. The summed E-state index contributed by atoms with van der Waals surface area (Å²) in [7, 11) is 0. The van der Waals surface area contributed by atoms with Crippen LogP contribution in [0.4, 0.5) is 5.95 Å². The average Bonchev–Trinajstić information content (AvgIpc) is 3.21. The molecule has 1 unspecified atom stereocenters. The maximum Gasteiger partial charge on any atom is 0.239 e. The fourth-order valence-corrected chi connectivity index (χ4v) is 3.76. The highest BCUT2D eigenvalue weighted by Crippen LogP contribution is 2.21. The number of amides is 1. The van der Waals surface area contributed by atoms with E-state index in [0.29, 0.717) is 0 Å². The minimum Gasteiger partial charge on any atom is -0.338 e. The van der Waals surface area contributed by atoms with Crippen LogP contribution in [0.25, 0.3) is 0 Å². The standard InChI is InChI=1S/C18H24N6O/c1-14(24-7-6-15-4-2-3-5-16(15)12-24)17(25)22-8-10-23(11-9-22)18-19-13-20-21-18/h2-5,13-14H,6-12H2,1H3,(H,19,20,21). The number of carbonyl (C=O) groups is 1. The molecular formula is C18H24N6O. The molecule has 4 rings (SSSR count). The molecule has 1 atom stereocenters. The maximum atomic E-state index is 12.9. The van der Waals surface area contributed by atoms with Gasteiger partial charge in [-0.2, -0.15) is 10.1 Å². The average molecular weight is 340 g/mol. The lowest BCUT2D eigenvalue weighted by Gasteiger charge is -2.39. The molecule has 2 aromatic rings. The predicted octanol–water partition coefficient (Wildman–Crippen LogP) is 0.900. The number of nitrogens with one attached hydrogen (secondary N) is 1. The Morgan fingerprint density at radius 3 is 2.60 bits per heavy atom. The zero-order valence-electron chi connectivity index (χ0n) is 14.6. The fourth-order valence-electron chi connectivity index (χ4n) is 3.76. The van der Waals surface area contributed by atoms with Gasteiger partial charge >= 0.3 is 0 Å². The zero-order chi connectivity index (χ0) is 17.2. The number of rotatable bonds is 3. The van der Waals surface area contributed by atoms with Crippen molar-refractivity contribution < 1.29 is 4.79 Å². The van der Waals surface area contributed by atoms with Gasteiger partial charge in [0, 0.05) is 39.3 Å². The number of carbonyl (C=O) groups excluding carboxylic acids is 1. The molecule has 25 heavy (non-hydrogen) atoms. The third-order valence-electron chi connectivity index (χ3n) is 5.36. The predicted molar refractivity (Wildman–Crippen MR) is 95.2 cm³/mol. The van der Waals surface area contributed by atoms with Crippen molar-refractivity contribution >= 4 is 11.9 Å². The first-order chi connectivity index (χ1) is 12.2. The monoisotopic (exact) mass is 340 g/mol. The lowest BCUT2D eigenvalue weighted by molar-refractivity contribution is -0.137. The normalized spacial score (nSPS) is 19.6. The van der Waals surface area contributed by atoms with Crippen LogP contribution in [-0.4, -0.2) is 69.7 Å². The van der Waals surface area contributed by atoms with Crippen molar-refractivity contribution in [3.8, 4) is 0 Å². The van der Waals surface area contributed by atoms with Gasteiger partial charge in [-0.25, -0.2) is 5.10 Å². The summed E-state index contributed by atoms with van der Waals surface area (Å²) in [4.78, 5) is 23.5. The summed E-state index contributed by atoms with van der Waals surface area (Å²) in [5.74, 6) is 1.02. The number of H-pyrrole nitrogens is 1. The summed E-state index contributed by atoms with van der Waals surface area (Å²) in [5.41, 5.74) is 2.77. The summed E-state index contributed by atoms with van der Waals surface area (Å²) in [6, 6.07) is 8.47. The molecule has 132 valence electrons. The number of anilines is 1. The van der Waals surface area contributed by atoms with E-state index in [-0.39, 0.29) is 11.9 Å². The number of aromatic nitrogens is 3. The Kier molecular flexibility index (Phi) is 4.40. The van der Waals surface area contributed by atoms with Crippen LogP contribution in [0.1, 0.15) is 18.1 Å². The van der Waals surface area contributed by atoms with E-state index in [1.54, 1.807) is 0 Å². The van der Waals surface area contributed by atoms with Crippen molar-refractivity contribution in [1.82, 2.24) is 25.0 Å². The lowest BCUT2D eigenvalue weighted by Crippen LogP contribution is -2.55. The minimum atomic E-state index is -0.0785. The molecule has 1 amide bonds. The fraction of sp³-hybridized carbons (Fsp3) is 0.500. The number of fused-ring (bicyclic) bond motifs is 1. The Morgan fingerprint density at radius 1 is 1.12 bits per heavy atom. The van der Waals surface area contributed by atoms with Crippen molar-refractivity contribution in [3.63, 3.8) is 0 Å².